The lowest BCUT2D eigenvalue weighted by Crippen LogP contribution is -2.43. The van der Waals surface area contributed by atoms with Gasteiger partial charge in [-0.1, -0.05) is 18.2 Å². The number of anilines is 1. The molecule has 1 aliphatic heterocycles. The van der Waals surface area contributed by atoms with E-state index in [9.17, 15) is 18.9 Å². The van der Waals surface area contributed by atoms with Crippen LogP contribution in [0.25, 0.3) is 5.52 Å². The molecule has 1 unspecified atom stereocenters. The zero-order chi connectivity index (χ0) is 30.4. The van der Waals surface area contributed by atoms with Crippen molar-refractivity contribution in [2.24, 2.45) is 0 Å². The van der Waals surface area contributed by atoms with Gasteiger partial charge in [0, 0.05) is 13.8 Å². The van der Waals surface area contributed by atoms with Crippen LogP contribution in [0.1, 0.15) is 39.5 Å². The summed E-state index contributed by atoms with van der Waals surface area (Å²) in [5, 5.41) is 6.80. The molecule has 5 rings (SSSR count). The quantitative estimate of drug-likeness (QED) is 0.194. The van der Waals surface area contributed by atoms with Crippen molar-refractivity contribution >= 4 is 37.0 Å². The topological polar surface area (TPSA) is 192 Å². The molecule has 2 aromatic heterocycles. The Morgan fingerprint density at radius 1 is 1.14 bits per heavy atom. The molecule has 0 radical (unpaired) electrons. The minimum Gasteiger partial charge on any atom is -0.468 e. The Hall–Kier alpha value is -4.04. The molecule has 3 heterocycles. The summed E-state index contributed by atoms with van der Waals surface area (Å²) >= 11 is 0. The van der Waals surface area contributed by atoms with Crippen LogP contribution >= 0.6 is 7.75 Å². The number of hydrogen-bond donors (Lipinski definition) is 2. The first-order chi connectivity index (χ1) is 19.8. The third kappa shape index (κ3) is 4.87. The first-order valence-electron chi connectivity index (χ1n) is 12.9. The predicted octanol–water partition coefficient (Wildman–Crippen LogP) is 2.11. The van der Waals surface area contributed by atoms with Crippen molar-refractivity contribution < 1.29 is 46.9 Å². The van der Waals surface area contributed by atoms with Crippen molar-refractivity contribution in [1.29, 1.82) is 0 Å². The number of nitrogens with two attached hydrogens (primary N) is 1. The highest BCUT2D eigenvalue weighted by molar-refractivity contribution is 7.52. The van der Waals surface area contributed by atoms with E-state index in [0.29, 0.717) is 11.2 Å². The molecule has 0 spiro atoms. The summed E-state index contributed by atoms with van der Waals surface area (Å²) in [6, 6.07) is 10.3. The molecule has 42 heavy (non-hydrogen) atoms. The standard InChI is InChI=1S/C26H30N5O10P/c1-14(23(34)36-5)30-42(35,40-17-9-7-6-8-10-17)41-24-25(4)26(24,38-16(3)33)21(37-15(2)32)20(39-25)18-11-12-19-22(27)28-13-29-31(18)19/h6-14,20-21,24H,1-5H3,(H,30,35)(H2,27,28,29)/t14-,20-,21-,24?,25+,26+,42+/m0/s1. The minimum absolute atomic E-state index is 0.162. The van der Waals surface area contributed by atoms with Gasteiger partial charge >= 0.3 is 25.7 Å². The van der Waals surface area contributed by atoms with E-state index in [-0.39, 0.29) is 11.6 Å². The van der Waals surface area contributed by atoms with Crippen molar-refractivity contribution in [3.63, 3.8) is 0 Å². The van der Waals surface area contributed by atoms with E-state index in [0.717, 1.165) is 0 Å². The highest BCUT2D eigenvalue weighted by Gasteiger charge is 2.91. The monoisotopic (exact) mass is 603 g/mol. The summed E-state index contributed by atoms with van der Waals surface area (Å²) in [7, 11) is -3.26. The Kier molecular flexibility index (Phi) is 7.47. The van der Waals surface area contributed by atoms with Gasteiger partial charge in [0.05, 0.1) is 12.8 Å². The van der Waals surface area contributed by atoms with E-state index >= 15 is 0 Å². The lowest BCUT2D eigenvalue weighted by atomic mass is 10.0. The fourth-order valence-corrected chi connectivity index (χ4v) is 7.12. The normalized spacial score (nSPS) is 28.3. The molecule has 7 atom stereocenters. The number of nitrogens with zero attached hydrogens (tertiary/aromatic N) is 3. The van der Waals surface area contributed by atoms with Crippen LogP contribution in [0.3, 0.4) is 0 Å². The van der Waals surface area contributed by atoms with Gasteiger partial charge in [0.15, 0.2) is 11.9 Å². The largest absolute Gasteiger partial charge is 0.468 e. The van der Waals surface area contributed by atoms with Crippen LogP contribution in [-0.4, -0.2) is 69.1 Å². The third-order valence-electron chi connectivity index (χ3n) is 7.18. The molecule has 2 aliphatic rings. The number of nitrogens with one attached hydrogen (secondary N) is 1. The second kappa shape index (κ2) is 10.7. The lowest BCUT2D eigenvalue weighted by Gasteiger charge is -2.30. The highest BCUT2D eigenvalue weighted by Crippen LogP contribution is 2.70. The molecular weight excluding hydrogens is 573 g/mol. The van der Waals surface area contributed by atoms with Crippen molar-refractivity contribution in [3.05, 3.63) is 54.5 Å². The van der Waals surface area contributed by atoms with Gasteiger partial charge in [-0.15, -0.1) is 0 Å². The van der Waals surface area contributed by atoms with Gasteiger partial charge < -0.3 is 29.2 Å². The van der Waals surface area contributed by atoms with E-state index in [2.05, 4.69) is 15.2 Å². The van der Waals surface area contributed by atoms with Gasteiger partial charge in [-0.05, 0) is 38.1 Å². The van der Waals surface area contributed by atoms with E-state index in [1.165, 1.54) is 50.9 Å². The van der Waals surface area contributed by atoms with E-state index in [1.807, 2.05) is 0 Å². The summed E-state index contributed by atoms with van der Waals surface area (Å²) in [5.41, 5.74) is 3.61. The number of rotatable bonds is 10. The van der Waals surface area contributed by atoms with Crippen LogP contribution in [0.4, 0.5) is 5.82 Å². The average Bonchev–Trinajstić information content (AvgIpc) is 3.21. The Bertz CT molecular complexity index is 1580. The fourth-order valence-electron chi connectivity index (χ4n) is 5.35. The van der Waals surface area contributed by atoms with Crippen LogP contribution < -0.4 is 15.3 Å². The lowest BCUT2D eigenvalue weighted by molar-refractivity contribution is -0.174. The van der Waals surface area contributed by atoms with E-state index in [1.54, 1.807) is 37.3 Å². The number of nitrogen functional groups attached to an aromatic ring is 1. The van der Waals surface area contributed by atoms with Gasteiger partial charge in [-0.2, -0.15) is 10.2 Å². The number of esters is 3. The van der Waals surface area contributed by atoms with Crippen molar-refractivity contribution in [2.75, 3.05) is 12.8 Å². The first-order valence-corrected chi connectivity index (χ1v) is 14.4. The number of benzene rings is 1. The molecule has 3 aromatic rings. The molecule has 1 aliphatic carbocycles. The molecule has 1 saturated carbocycles. The molecular formula is C26H30N5O10P. The van der Waals surface area contributed by atoms with E-state index in [4.69, 9.17) is 33.7 Å². The van der Waals surface area contributed by atoms with Crippen LogP contribution in [0.2, 0.25) is 0 Å². The Balaban J connectivity index is 1.55. The summed E-state index contributed by atoms with van der Waals surface area (Å²) in [4.78, 5) is 41.0. The Morgan fingerprint density at radius 2 is 1.86 bits per heavy atom. The molecule has 2 fully saturated rings. The number of para-hydroxylation sites is 1. The smallest absolute Gasteiger partial charge is 0.459 e. The zero-order valence-electron chi connectivity index (χ0n) is 23.4. The molecule has 1 saturated heterocycles. The SMILES string of the molecule is COC(=O)[C@H](C)N[P@@](=O)(Oc1ccccc1)OC1[C@@]2(C)O[C@@H](c3ccc4c(N)ncnn34)[C@H](OC(C)=O)[C@@]12OC(C)=O. The predicted molar refractivity (Wildman–Crippen MR) is 144 cm³/mol. The van der Waals surface area contributed by atoms with Gasteiger partial charge in [0.25, 0.3) is 0 Å². The second-order valence-electron chi connectivity index (χ2n) is 10.0. The highest BCUT2D eigenvalue weighted by atomic mass is 31.2. The van der Waals surface area contributed by atoms with Crippen LogP contribution in [-0.2, 0) is 42.4 Å². The van der Waals surface area contributed by atoms with E-state index < -0.39 is 61.2 Å². The summed E-state index contributed by atoms with van der Waals surface area (Å²) < 4.78 is 50.2. The third-order valence-corrected chi connectivity index (χ3v) is 8.82. The first kappa shape index (κ1) is 29.5. The molecule has 0 amide bonds. The molecule has 16 heteroatoms. The maximum absolute atomic E-state index is 14.2. The summed E-state index contributed by atoms with van der Waals surface area (Å²) in [6.07, 6.45) is -2.34. The number of methoxy groups -OCH3 is 1. The van der Waals surface area contributed by atoms with Crippen LogP contribution in [0.15, 0.2) is 48.8 Å². The van der Waals surface area contributed by atoms with Gasteiger partial charge in [0.1, 0.15) is 41.4 Å². The Labute approximate surface area is 240 Å². The second-order valence-corrected chi connectivity index (χ2v) is 11.7. The summed E-state index contributed by atoms with van der Waals surface area (Å²) in [5.74, 6) is -1.81. The number of aromatic nitrogens is 3. The number of hydrogen-bond acceptors (Lipinski definition) is 13. The Morgan fingerprint density at radius 3 is 2.50 bits per heavy atom. The van der Waals surface area contributed by atoms with Crippen molar-refractivity contribution in [2.45, 2.75) is 63.3 Å². The van der Waals surface area contributed by atoms with Crippen molar-refractivity contribution in [1.82, 2.24) is 19.7 Å². The zero-order valence-corrected chi connectivity index (χ0v) is 24.3. The fraction of sp³-hybridized carbons (Fsp3) is 0.423. The van der Waals surface area contributed by atoms with Crippen molar-refractivity contribution in [3.8, 4) is 5.75 Å². The molecule has 0 bridgehead atoms. The molecule has 1 aromatic carbocycles. The molecule has 224 valence electrons. The number of carbonyl (C=O) groups excluding carboxylic acids is 3. The summed E-state index contributed by atoms with van der Waals surface area (Å²) in [6.45, 7) is 5.33. The average molecular weight is 604 g/mol. The van der Waals surface area contributed by atoms with Gasteiger partial charge in [0.2, 0.25) is 5.60 Å². The van der Waals surface area contributed by atoms with Gasteiger partial charge in [-0.3, -0.25) is 18.9 Å². The van der Waals surface area contributed by atoms with Gasteiger partial charge in [-0.25, -0.2) is 14.1 Å². The number of carbonyl (C=O) groups is 3. The molecule has 3 N–H and O–H groups in total. The van der Waals surface area contributed by atoms with Crippen LogP contribution in [0.5, 0.6) is 5.75 Å². The maximum Gasteiger partial charge on any atom is 0.459 e. The number of ether oxygens (including phenoxy) is 4. The minimum atomic E-state index is -4.43. The maximum atomic E-state index is 14.2. The van der Waals surface area contributed by atoms with Crippen LogP contribution in [0, 0.1) is 0 Å². The molecule has 15 nitrogen and oxygen atoms in total. The number of fused-ring (bicyclic) bond motifs is 2.